The third-order valence-corrected chi connectivity index (χ3v) is 5.63. The number of hydrogen-bond acceptors (Lipinski definition) is 3. The predicted octanol–water partition coefficient (Wildman–Crippen LogP) is 4.72. The summed E-state index contributed by atoms with van der Waals surface area (Å²) in [5.41, 5.74) is 8.93. The van der Waals surface area contributed by atoms with Gasteiger partial charge in [0.2, 0.25) is 0 Å². The van der Waals surface area contributed by atoms with E-state index in [1.165, 1.54) is 11.1 Å². The molecule has 0 saturated carbocycles. The highest BCUT2D eigenvalue weighted by atomic mass is 79.9. The summed E-state index contributed by atoms with van der Waals surface area (Å²) in [6, 6.07) is 12.5. The molecule has 0 saturated heterocycles. The number of pyridine rings is 1. The highest BCUT2D eigenvalue weighted by Crippen LogP contribution is 2.40. The van der Waals surface area contributed by atoms with Gasteiger partial charge in [0.15, 0.2) is 0 Å². The van der Waals surface area contributed by atoms with Gasteiger partial charge in [0, 0.05) is 16.7 Å². The number of hydrogen-bond donors (Lipinski definition) is 1. The molecule has 0 aliphatic rings. The second-order valence-corrected chi connectivity index (χ2v) is 6.74. The summed E-state index contributed by atoms with van der Waals surface area (Å²) in [5, 5.41) is 1.21. The van der Waals surface area contributed by atoms with Gasteiger partial charge in [0.25, 0.3) is 0 Å². The zero-order valence-electron chi connectivity index (χ0n) is 11.7. The predicted molar refractivity (Wildman–Crippen MR) is 90.0 cm³/mol. The smallest absolute Gasteiger partial charge is 0.111 e. The number of rotatable bonds is 5. The molecule has 0 radical (unpaired) electrons. The van der Waals surface area contributed by atoms with Crippen LogP contribution in [0.4, 0.5) is 0 Å². The zero-order valence-corrected chi connectivity index (χ0v) is 14.1. The van der Waals surface area contributed by atoms with Crippen molar-refractivity contribution in [1.29, 1.82) is 0 Å². The molecule has 2 rings (SSSR count). The molecule has 0 bridgehead atoms. The average Bonchev–Trinajstić information content (AvgIpc) is 2.47. The minimum absolute atomic E-state index is 0.106. The summed E-state index contributed by atoms with van der Waals surface area (Å²) < 4.78 is 1.02. The van der Waals surface area contributed by atoms with Crippen LogP contribution in [0.15, 0.2) is 52.1 Å². The largest absolute Gasteiger partial charge is 0.326 e. The Hall–Kier alpha value is -0.840. The molecule has 2 nitrogen and oxygen atoms in total. The molecule has 0 spiro atoms. The summed E-state index contributed by atoms with van der Waals surface area (Å²) in [6.45, 7) is 4.27. The van der Waals surface area contributed by atoms with E-state index in [0.29, 0.717) is 0 Å². The molecule has 20 heavy (non-hydrogen) atoms. The molecule has 4 heteroatoms. The molecule has 2 atom stereocenters. The molecule has 1 aromatic carbocycles. The first-order chi connectivity index (χ1) is 9.63. The van der Waals surface area contributed by atoms with E-state index in [1.807, 2.05) is 18.3 Å². The van der Waals surface area contributed by atoms with Crippen molar-refractivity contribution in [2.45, 2.75) is 36.6 Å². The first-order valence-corrected chi connectivity index (χ1v) is 8.39. The van der Waals surface area contributed by atoms with Crippen LogP contribution in [0.2, 0.25) is 0 Å². The molecule has 0 aliphatic heterocycles. The molecule has 1 aromatic heterocycles. The molecule has 2 N–H and O–H groups in total. The second-order valence-electron chi connectivity index (χ2n) is 4.76. The Morgan fingerprint density at radius 1 is 1.25 bits per heavy atom. The molecular formula is C16H19BrN2S. The highest BCUT2D eigenvalue weighted by molar-refractivity contribution is 9.10. The third kappa shape index (κ3) is 3.62. The topological polar surface area (TPSA) is 38.9 Å². The summed E-state index contributed by atoms with van der Waals surface area (Å²) in [5.74, 6) is 0. The van der Waals surface area contributed by atoms with Crippen molar-refractivity contribution in [3.63, 3.8) is 0 Å². The first kappa shape index (κ1) is 15.5. The molecule has 2 aromatic rings. The quantitative estimate of drug-likeness (QED) is 0.792. The number of nitrogens with two attached hydrogens (primary N) is 1. The molecule has 0 aliphatic carbocycles. The lowest BCUT2D eigenvalue weighted by atomic mass is 10.00. The van der Waals surface area contributed by atoms with Gasteiger partial charge < -0.3 is 5.73 Å². The van der Waals surface area contributed by atoms with Crippen LogP contribution in [0.3, 0.4) is 0 Å². The van der Waals surface area contributed by atoms with E-state index in [-0.39, 0.29) is 11.3 Å². The van der Waals surface area contributed by atoms with Crippen LogP contribution in [0.1, 0.15) is 29.7 Å². The Morgan fingerprint density at radius 3 is 2.65 bits per heavy atom. The number of halogens is 1. The lowest BCUT2D eigenvalue weighted by molar-refractivity contribution is 0.631. The lowest BCUT2D eigenvalue weighted by Gasteiger charge is -2.24. The van der Waals surface area contributed by atoms with E-state index in [9.17, 15) is 0 Å². The van der Waals surface area contributed by atoms with Gasteiger partial charge in [-0.25, -0.2) is 4.98 Å². The normalized spacial score (nSPS) is 14.0. The summed E-state index contributed by atoms with van der Waals surface area (Å²) in [4.78, 5) is 4.45. The Balaban J connectivity index is 2.35. The fraction of sp³-hybridized carbons (Fsp3) is 0.312. The average molecular weight is 351 g/mol. The first-order valence-electron chi connectivity index (χ1n) is 6.71. The molecule has 0 amide bonds. The summed E-state index contributed by atoms with van der Waals surface area (Å²) in [6.07, 6.45) is 2.76. The van der Waals surface area contributed by atoms with Gasteiger partial charge in [-0.2, -0.15) is 0 Å². The van der Waals surface area contributed by atoms with E-state index in [0.717, 1.165) is 15.9 Å². The van der Waals surface area contributed by atoms with E-state index in [4.69, 9.17) is 5.73 Å². The minimum atomic E-state index is 0.106. The molecule has 1 heterocycles. The molecule has 2 unspecified atom stereocenters. The van der Waals surface area contributed by atoms with Gasteiger partial charge in [-0.05, 0) is 52.5 Å². The lowest BCUT2D eigenvalue weighted by Crippen LogP contribution is -2.26. The van der Waals surface area contributed by atoms with Crippen LogP contribution < -0.4 is 5.73 Å². The van der Waals surface area contributed by atoms with Crippen LogP contribution in [0.25, 0.3) is 0 Å². The Morgan fingerprint density at radius 2 is 2.00 bits per heavy atom. The molecule has 0 fully saturated rings. The fourth-order valence-corrected chi connectivity index (χ4v) is 3.92. The van der Waals surface area contributed by atoms with Gasteiger partial charge >= 0.3 is 0 Å². The Labute approximate surface area is 133 Å². The van der Waals surface area contributed by atoms with Gasteiger partial charge in [-0.3, -0.25) is 0 Å². The van der Waals surface area contributed by atoms with E-state index < -0.39 is 0 Å². The highest BCUT2D eigenvalue weighted by Gasteiger charge is 2.22. The minimum Gasteiger partial charge on any atom is -0.326 e. The number of nitrogens with zero attached hydrogens (tertiary/aromatic N) is 1. The van der Waals surface area contributed by atoms with Crippen LogP contribution in [0.5, 0.6) is 0 Å². The van der Waals surface area contributed by atoms with Crippen LogP contribution in [0, 0.1) is 6.92 Å². The Bertz CT molecular complexity index is 574. The van der Waals surface area contributed by atoms with Crippen molar-refractivity contribution >= 4 is 27.7 Å². The van der Waals surface area contributed by atoms with Crippen molar-refractivity contribution in [2.75, 3.05) is 0 Å². The third-order valence-electron chi connectivity index (χ3n) is 3.32. The summed E-state index contributed by atoms with van der Waals surface area (Å²) in [7, 11) is 0. The van der Waals surface area contributed by atoms with Crippen LogP contribution >= 0.6 is 27.7 Å². The van der Waals surface area contributed by atoms with Gasteiger partial charge in [0.1, 0.15) is 5.03 Å². The summed E-state index contributed by atoms with van der Waals surface area (Å²) >= 11 is 5.30. The standard InChI is InChI=1S/C16H19BrN2S/c1-3-14(18)15(12-8-5-4-7-11(12)2)20-16-13(17)9-6-10-19-16/h4-10,14-15H,3,18H2,1-2H3. The van der Waals surface area contributed by atoms with E-state index in [1.54, 1.807) is 11.8 Å². The fourth-order valence-electron chi connectivity index (χ4n) is 2.08. The number of aryl methyl sites for hydroxylation is 1. The van der Waals surface area contributed by atoms with Gasteiger partial charge in [0.05, 0.1) is 5.25 Å². The van der Waals surface area contributed by atoms with Crippen molar-refractivity contribution in [3.8, 4) is 0 Å². The van der Waals surface area contributed by atoms with Gasteiger partial charge in [-0.15, -0.1) is 0 Å². The van der Waals surface area contributed by atoms with Crippen molar-refractivity contribution in [3.05, 3.63) is 58.2 Å². The zero-order chi connectivity index (χ0) is 14.5. The van der Waals surface area contributed by atoms with E-state index >= 15 is 0 Å². The maximum absolute atomic E-state index is 6.35. The van der Waals surface area contributed by atoms with Crippen molar-refractivity contribution in [1.82, 2.24) is 4.98 Å². The van der Waals surface area contributed by atoms with Crippen molar-refractivity contribution in [2.24, 2.45) is 5.73 Å². The number of aromatic nitrogens is 1. The SMILES string of the molecule is CCC(N)C(Sc1ncccc1Br)c1ccccc1C. The monoisotopic (exact) mass is 350 g/mol. The van der Waals surface area contributed by atoms with Crippen LogP contribution in [-0.2, 0) is 0 Å². The maximum Gasteiger partial charge on any atom is 0.111 e. The second kappa shape index (κ2) is 7.25. The van der Waals surface area contributed by atoms with Crippen LogP contribution in [-0.4, -0.2) is 11.0 Å². The van der Waals surface area contributed by atoms with E-state index in [2.05, 4.69) is 59.0 Å². The van der Waals surface area contributed by atoms with Gasteiger partial charge in [-0.1, -0.05) is 43.0 Å². The number of thioether (sulfide) groups is 1. The van der Waals surface area contributed by atoms with Crippen molar-refractivity contribution < 1.29 is 0 Å². The maximum atomic E-state index is 6.35. The molecule has 106 valence electrons. The molecular weight excluding hydrogens is 332 g/mol. The number of benzene rings is 1. The Kier molecular flexibility index (Phi) is 5.64.